The molecule has 0 fully saturated rings. The SMILES string of the molecule is CC(C)CC(=O)NNC(=O)c1ccccc1OC(F)F. The van der Waals surface area contributed by atoms with Gasteiger partial charge in [0, 0.05) is 6.42 Å². The van der Waals surface area contributed by atoms with Crippen molar-refractivity contribution in [1.82, 2.24) is 10.9 Å². The van der Waals surface area contributed by atoms with E-state index in [1.807, 2.05) is 13.8 Å². The van der Waals surface area contributed by atoms with E-state index in [4.69, 9.17) is 0 Å². The van der Waals surface area contributed by atoms with Crippen molar-refractivity contribution < 1.29 is 23.1 Å². The molecule has 0 saturated heterocycles. The van der Waals surface area contributed by atoms with Crippen molar-refractivity contribution in [2.45, 2.75) is 26.9 Å². The van der Waals surface area contributed by atoms with E-state index in [9.17, 15) is 18.4 Å². The molecule has 0 spiro atoms. The zero-order valence-electron chi connectivity index (χ0n) is 11.2. The molecule has 1 rings (SSSR count). The Hall–Kier alpha value is -2.18. The molecule has 1 aromatic carbocycles. The summed E-state index contributed by atoms with van der Waals surface area (Å²) in [5.41, 5.74) is 4.28. The van der Waals surface area contributed by atoms with Crippen molar-refractivity contribution in [3.8, 4) is 5.75 Å². The van der Waals surface area contributed by atoms with Gasteiger partial charge in [0.05, 0.1) is 5.56 Å². The molecular weight excluding hydrogens is 270 g/mol. The number of hydrazine groups is 1. The highest BCUT2D eigenvalue weighted by Crippen LogP contribution is 2.19. The van der Waals surface area contributed by atoms with Crippen LogP contribution in [0.1, 0.15) is 30.6 Å². The predicted octanol–water partition coefficient (Wildman–Crippen LogP) is 2.10. The Morgan fingerprint density at radius 3 is 2.45 bits per heavy atom. The second-order valence-electron chi connectivity index (χ2n) is 4.47. The summed E-state index contributed by atoms with van der Waals surface area (Å²) in [6, 6.07) is 5.54. The molecule has 110 valence electrons. The largest absolute Gasteiger partial charge is 0.434 e. The summed E-state index contributed by atoms with van der Waals surface area (Å²) < 4.78 is 28.6. The van der Waals surface area contributed by atoms with Crippen LogP contribution in [0.5, 0.6) is 5.75 Å². The molecule has 0 heterocycles. The maximum absolute atomic E-state index is 12.2. The lowest BCUT2D eigenvalue weighted by atomic mass is 10.1. The Kier molecular flexibility index (Phi) is 5.89. The molecule has 0 unspecified atom stereocenters. The first-order valence-corrected chi connectivity index (χ1v) is 6.03. The molecule has 0 atom stereocenters. The van der Waals surface area contributed by atoms with Gasteiger partial charge in [-0.3, -0.25) is 20.4 Å². The van der Waals surface area contributed by atoms with Gasteiger partial charge in [-0.2, -0.15) is 8.78 Å². The van der Waals surface area contributed by atoms with E-state index in [1.54, 1.807) is 0 Å². The number of carbonyl (C=O) groups is 2. The number of nitrogens with one attached hydrogen (secondary N) is 2. The van der Waals surface area contributed by atoms with Crippen LogP contribution in [0.2, 0.25) is 0 Å². The van der Waals surface area contributed by atoms with Gasteiger partial charge in [-0.05, 0) is 18.1 Å². The van der Waals surface area contributed by atoms with Crippen molar-refractivity contribution in [3.63, 3.8) is 0 Å². The van der Waals surface area contributed by atoms with Crippen LogP contribution < -0.4 is 15.6 Å². The third-order valence-electron chi connectivity index (χ3n) is 2.26. The van der Waals surface area contributed by atoms with Crippen molar-refractivity contribution >= 4 is 11.8 Å². The molecule has 0 aliphatic carbocycles. The molecule has 5 nitrogen and oxygen atoms in total. The lowest BCUT2D eigenvalue weighted by molar-refractivity contribution is -0.122. The highest BCUT2D eigenvalue weighted by Gasteiger charge is 2.15. The molecule has 7 heteroatoms. The van der Waals surface area contributed by atoms with Crippen LogP contribution in [0.3, 0.4) is 0 Å². The number of benzene rings is 1. The quantitative estimate of drug-likeness (QED) is 0.814. The number of alkyl halides is 2. The van der Waals surface area contributed by atoms with E-state index in [1.165, 1.54) is 24.3 Å². The van der Waals surface area contributed by atoms with Crippen LogP contribution in [0.25, 0.3) is 0 Å². The lowest BCUT2D eigenvalue weighted by Crippen LogP contribution is -2.42. The number of para-hydroxylation sites is 1. The molecule has 1 aromatic rings. The van der Waals surface area contributed by atoms with Crippen molar-refractivity contribution in [2.75, 3.05) is 0 Å². The van der Waals surface area contributed by atoms with Gasteiger partial charge in [-0.25, -0.2) is 0 Å². The first-order chi connectivity index (χ1) is 9.40. The van der Waals surface area contributed by atoms with Gasteiger partial charge in [-0.15, -0.1) is 0 Å². The normalized spacial score (nSPS) is 10.5. The zero-order valence-corrected chi connectivity index (χ0v) is 11.2. The van der Waals surface area contributed by atoms with Gasteiger partial charge in [-0.1, -0.05) is 26.0 Å². The minimum atomic E-state index is -3.03. The van der Waals surface area contributed by atoms with E-state index in [-0.39, 0.29) is 29.6 Å². The van der Waals surface area contributed by atoms with Gasteiger partial charge in [0.2, 0.25) is 5.91 Å². The van der Waals surface area contributed by atoms with E-state index >= 15 is 0 Å². The highest BCUT2D eigenvalue weighted by atomic mass is 19.3. The molecule has 2 amide bonds. The van der Waals surface area contributed by atoms with Crippen LogP contribution in [0.4, 0.5) is 8.78 Å². The maximum Gasteiger partial charge on any atom is 0.387 e. The summed E-state index contributed by atoms with van der Waals surface area (Å²) in [4.78, 5) is 23.2. The molecule has 0 bridgehead atoms. The molecule has 0 aliphatic heterocycles. The van der Waals surface area contributed by atoms with Crippen LogP contribution >= 0.6 is 0 Å². The van der Waals surface area contributed by atoms with E-state index in [0.29, 0.717) is 0 Å². The zero-order chi connectivity index (χ0) is 15.1. The van der Waals surface area contributed by atoms with Crippen LogP contribution in [-0.2, 0) is 4.79 Å². The summed E-state index contributed by atoms with van der Waals surface area (Å²) >= 11 is 0. The fourth-order valence-corrected chi connectivity index (χ4v) is 1.47. The Morgan fingerprint density at radius 2 is 1.85 bits per heavy atom. The Labute approximate surface area is 115 Å². The van der Waals surface area contributed by atoms with Gasteiger partial charge in [0.15, 0.2) is 0 Å². The predicted molar refractivity (Wildman–Crippen MR) is 68.1 cm³/mol. The van der Waals surface area contributed by atoms with Crippen LogP contribution in [0, 0.1) is 5.92 Å². The summed E-state index contributed by atoms with van der Waals surface area (Å²) in [7, 11) is 0. The number of hydrogen-bond donors (Lipinski definition) is 2. The van der Waals surface area contributed by atoms with Gasteiger partial charge in [0.25, 0.3) is 5.91 Å². The molecule has 2 N–H and O–H groups in total. The standard InChI is InChI=1S/C13H16F2N2O3/c1-8(2)7-11(18)16-17-12(19)9-5-3-4-6-10(9)20-13(14)15/h3-6,8,13H,7H2,1-2H3,(H,16,18)(H,17,19). The number of hydrogen-bond acceptors (Lipinski definition) is 3. The summed E-state index contributed by atoms with van der Waals surface area (Å²) in [5.74, 6) is -1.20. The van der Waals surface area contributed by atoms with Gasteiger partial charge in [0.1, 0.15) is 5.75 Å². The molecule has 0 aliphatic rings. The number of halogens is 2. The van der Waals surface area contributed by atoms with E-state index in [0.717, 1.165) is 0 Å². The van der Waals surface area contributed by atoms with Gasteiger partial charge < -0.3 is 4.74 Å². The maximum atomic E-state index is 12.2. The molecule has 0 aromatic heterocycles. The Morgan fingerprint density at radius 1 is 1.20 bits per heavy atom. The van der Waals surface area contributed by atoms with E-state index < -0.39 is 12.5 Å². The fourth-order valence-electron chi connectivity index (χ4n) is 1.47. The van der Waals surface area contributed by atoms with Gasteiger partial charge >= 0.3 is 6.61 Å². The highest BCUT2D eigenvalue weighted by molar-refractivity contribution is 5.97. The minimum absolute atomic E-state index is 0.0855. The number of amides is 2. The summed E-state index contributed by atoms with van der Waals surface area (Å²) in [5, 5.41) is 0. The number of carbonyl (C=O) groups excluding carboxylic acids is 2. The molecule has 0 radical (unpaired) electrons. The summed E-state index contributed by atoms with van der Waals surface area (Å²) in [6.07, 6.45) is 0.245. The monoisotopic (exact) mass is 286 g/mol. The average Bonchev–Trinajstić information content (AvgIpc) is 2.35. The average molecular weight is 286 g/mol. The first-order valence-electron chi connectivity index (χ1n) is 6.03. The van der Waals surface area contributed by atoms with Crippen LogP contribution in [-0.4, -0.2) is 18.4 Å². The van der Waals surface area contributed by atoms with Crippen molar-refractivity contribution in [2.24, 2.45) is 5.92 Å². The third-order valence-corrected chi connectivity index (χ3v) is 2.26. The number of rotatable bonds is 5. The topological polar surface area (TPSA) is 67.4 Å². The molecule has 0 saturated carbocycles. The Balaban J connectivity index is 2.66. The molecular formula is C13H16F2N2O3. The first kappa shape index (κ1) is 15.9. The molecule has 20 heavy (non-hydrogen) atoms. The Bertz CT molecular complexity index is 478. The van der Waals surface area contributed by atoms with E-state index in [2.05, 4.69) is 15.6 Å². The smallest absolute Gasteiger partial charge is 0.387 e. The lowest BCUT2D eigenvalue weighted by Gasteiger charge is -2.12. The van der Waals surface area contributed by atoms with Crippen molar-refractivity contribution in [1.29, 1.82) is 0 Å². The number of ether oxygens (including phenoxy) is 1. The minimum Gasteiger partial charge on any atom is -0.434 e. The second kappa shape index (κ2) is 7.42. The van der Waals surface area contributed by atoms with Crippen molar-refractivity contribution in [3.05, 3.63) is 29.8 Å². The second-order valence-corrected chi connectivity index (χ2v) is 4.47. The fraction of sp³-hybridized carbons (Fsp3) is 0.385. The van der Waals surface area contributed by atoms with Crippen LogP contribution in [0.15, 0.2) is 24.3 Å². The summed E-state index contributed by atoms with van der Waals surface area (Å²) in [6.45, 7) is 0.680. The third kappa shape index (κ3) is 5.21.